The molecule has 1 saturated heterocycles. The monoisotopic (exact) mass is 378 g/mol. The highest BCUT2D eigenvalue weighted by Gasteiger charge is 2.32. The molecule has 0 saturated carbocycles. The third kappa shape index (κ3) is 3.65. The first-order valence-electron chi connectivity index (χ1n) is 8.85. The van der Waals surface area contributed by atoms with Crippen LogP contribution in [0.15, 0.2) is 0 Å². The normalized spacial score (nSPS) is 19.5. The first-order valence-corrected chi connectivity index (χ1v) is 9.67. The second-order valence-electron chi connectivity index (χ2n) is 6.70. The Morgan fingerprint density at radius 2 is 1.92 bits per heavy atom. The molecule has 1 aromatic rings. The number of nitrogens with one attached hydrogen (secondary N) is 1. The number of thiophene rings is 1. The number of likely N-dealkylation sites (tertiary alicyclic amines) is 1. The van der Waals surface area contributed by atoms with Crippen LogP contribution in [0.4, 0.5) is 5.00 Å². The number of nitrogens with zero attached hydrogens (tertiary/aromatic N) is 1. The number of imide groups is 1. The molecule has 2 aliphatic rings. The molecular weight excluding hydrogens is 356 g/mol. The van der Waals surface area contributed by atoms with E-state index in [4.69, 9.17) is 4.74 Å². The van der Waals surface area contributed by atoms with Gasteiger partial charge in [0.2, 0.25) is 17.7 Å². The minimum atomic E-state index is -0.481. The zero-order valence-electron chi connectivity index (χ0n) is 14.9. The Morgan fingerprint density at radius 3 is 2.58 bits per heavy atom. The molecule has 0 radical (unpaired) electrons. The molecule has 0 spiro atoms. The molecular formula is C18H22N2O5S. The van der Waals surface area contributed by atoms with Crippen molar-refractivity contribution in [2.24, 2.45) is 5.92 Å². The molecule has 3 amide bonds. The Hall–Kier alpha value is -2.22. The standard InChI is InChI=1S/C18H22N2O5S/c1-3-25-18(24)16-11-5-4-10(2)8-12(11)26-17(16)19-13(21)9-20-14(22)6-7-15(20)23/h10H,3-9H2,1-2H3,(H,19,21)/t10-/m0/s1. The minimum absolute atomic E-state index is 0.144. The number of carbonyl (C=O) groups is 4. The number of fused-ring (bicyclic) bond motifs is 1. The van der Waals surface area contributed by atoms with Gasteiger partial charge in [0.05, 0.1) is 12.2 Å². The van der Waals surface area contributed by atoms with E-state index < -0.39 is 11.9 Å². The van der Waals surface area contributed by atoms with Gasteiger partial charge in [0.1, 0.15) is 11.5 Å². The van der Waals surface area contributed by atoms with Gasteiger partial charge in [0.25, 0.3) is 0 Å². The van der Waals surface area contributed by atoms with E-state index in [1.54, 1.807) is 6.92 Å². The molecule has 1 aliphatic carbocycles. The molecule has 1 fully saturated rings. The molecule has 1 aliphatic heterocycles. The number of rotatable bonds is 5. The van der Waals surface area contributed by atoms with Crippen molar-refractivity contribution >= 4 is 40.0 Å². The Bertz CT molecular complexity index is 754. The number of carbonyl (C=O) groups excluding carboxylic acids is 4. The van der Waals surface area contributed by atoms with Crippen molar-refractivity contribution in [2.75, 3.05) is 18.5 Å². The lowest BCUT2D eigenvalue weighted by molar-refractivity contribution is -0.141. The highest BCUT2D eigenvalue weighted by Crippen LogP contribution is 2.40. The van der Waals surface area contributed by atoms with E-state index in [1.165, 1.54) is 11.3 Å². The van der Waals surface area contributed by atoms with Crippen LogP contribution in [0, 0.1) is 5.92 Å². The number of anilines is 1. The average Bonchev–Trinajstić information content (AvgIpc) is 3.08. The summed E-state index contributed by atoms with van der Waals surface area (Å²) in [7, 11) is 0. The molecule has 3 rings (SSSR count). The van der Waals surface area contributed by atoms with Gasteiger partial charge in [0, 0.05) is 17.7 Å². The van der Waals surface area contributed by atoms with Crippen LogP contribution in [0.25, 0.3) is 0 Å². The molecule has 0 bridgehead atoms. The first kappa shape index (κ1) is 18.6. The summed E-state index contributed by atoms with van der Waals surface area (Å²) in [6.45, 7) is 3.83. The fraction of sp³-hybridized carbons (Fsp3) is 0.556. The molecule has 1 N–H and O–H groups in total. The van der Waals surface area contributed by atoms with Crippen molar-refractivity contribution in [1.29, 1.82) is 0 Å². The molecule has 0 unspecified atom stereocenters. The summed E-state index contributed by atoms with van der Waals surface area (Å²) in [6.07, 6.45) is 2.92. The minimum Gasteiger partial charge on any atom is -0.462 e. The van der Waals surface area contributed by atoms with Crippen LogP contribution < -0.4 is 5.32 Å². The van der Waals surface area contributed by atoms with E-state index in [1.807, 2.05) is 0 Å². The van der Waals surface area contributed by atoms with Gasteiger partial charge in [-0.3, -0.25) is 19.3 Å². The van der Waals surface area contributed by atoms with Gasteiger partial charge in [-0.1, -0.05) is 6.92 Å². The van der Waals surface area contributed by atoms with E-state index in [-0.39, 0.29) is 37.8 Å². The third-order valence-electron chi connectivity index (χ3n) is 4.70. The van der Waals surface area contributed by atoms with E-state index in [0.29, 0.717) is 16.5 Å². The van der Waals surface area contributed by atoms with Crippen molar-refractivity contribution in [3.05, 3.63) is 16.0 Å². The van der Waals surface area contributed by atoms with Crippen LogP contribution >= 0.6 is 11.3 Å². The lowest BCUT2D eigenvalue weighted by atomic mass is 9.88. The molecule has 7 nitrogen and oxygen atoms in total. The van der Waals surface area contributed by atoms with Crippen LogP contribution in [0.1, 0.15) is 53.9 Å². The highest BCUT2D eigenvalue weighted by molar-refractivity contribution is 7.17. The molecule has 0 aromatic carbocycles. The van der Waals surface area contributed by atoms with Crippen LogP contribution in [0.2, 0.25) is 0 Å². The Labute approximate surface area is 155 Å². The van der Waals surface area contributed by atoms with Crippen molar-refractivity contribution in [3.8, 4) is 0 Å². The van der Waals surface area contributed by atoms with Gasteiger partial charge < -0.3 is 10.1 Å². The maximum absolute atomic E-state index is 12.4. The van der Waals surface area contributed by atoms with Gasteiger partial charge in [-0.2, -0.15) is 0 Å². The average molecular weight is 378 g/mol. The zero-order chi connectivity index (χ0) is 18.8. The summed E-state index contributed by atoms with van der Waals surface area (Å²) in [6, 6.07) is 0. The SMILES string of the molecule is CCOC(=O)c1c(NC(=O)CN2C(=O)CCC2=O)sc2c1CC[C@H](C)C2. The summed E-state index contributed by atoms with van der Waals surface area (Å²) in [5.41, 5.74) is 1.38. The molecule has 2 heterocycles. The number of hydrogen-bond donors (Lipinski definition) is 1. The smallest absolute Gasteiger partial charge is 0.341 e. The van der Waals surface area contributed by atoms with Crippen LogP contribution in [-0.2, 0) is 32.0 Å². The second-order valence-corrected chi connectivity index (χ2v) is 7.80. The van der Waals surface area contributed by atoms with Gasteiger partial charge in [-0.05, 0) is 37.7 Å². The Balaban J connectivity index is 1.82. The summed E-state index contributed by atoms with van der Waals surface area (Å²) in [4.78, 5) is 50.2. The number of hydrogen-bond acceptors (Lipinski definition) is 6. The largest absolute Gasteiger partial charge is 0.462 e. The third-order valence-corrected chi connectivity index (χ3v) is 5.87. The molecule has 1 aromatic heterocycles. The molecule has 140 valence electrons. The zero-order valence-corrected chi connectivity index (χ0v) is 15.7. The predicted molar refractivity (Wildman–Crippen MR) is 96.0 cm³/mol. The van der Waals surface area contributed by atoms with E-state index in [2.05, 4.69) is 12.2 Å². The Morgan fingerprint density at radius 1 is 1.23 bits per heavy atom. The van der Waals surface area contributed by atoms with Crippen molar-refractivity contribution in [1.82, 2.24) is 4.90 Å². The lowest BCUT2D eigenvalue weighted by Crippen LogP contribution is -2.37. The van der Waals surface area contributed by atoms with Gasteiger partial charge in [-0.15, -0.1) is 11.3 Å². The van der Waals surface area contributed by atoms with Crippen LogP contribution in [0.3, 0.4) is 0 Å². The van der Waals surface area contributed by atoms with Crippen molar-refractivity contribution in [2.45, 2.75) is 46.0 Å². The van der Waals surface area contributed by atoms with E-state index in [0.717, 1.165) is 34.6 Å². The fourth-order valence-corrected chi connectivity index (χ4v) is 4.78. The molecule has 1 atom stereocenters. The summed E-state index contributed by atoms with van der Waals surface area (Å²) < 4.78 is 5.17. The number of ether oxygens (including phenoxy) is 1. The van der Waals surface area contributed by atoms with Gasteiger partial charge >= 0.3 is 5.97 Å². The molecule has 26 heavy (non-hydrogen) atoms. The Kier molecular flexibility index (Phi) is 5.41. The summed E-state index contributed by atoms with van der Waals surface area (Å²) >= 11 is 1.39. The highest BCUT2D eigenvalue weighted by atomic mass is 32.1. The predicted octanol–water partition coefficient (Wildman–Crippen LogP) is 2.14. The number of esters is 1. The summed E-state index contributed by atoms with van der Waals surface area (Å²) in [5.74, 6) is -1.07. The van der Waals surface area contributed by atoms with Crippen molar-refractivity contribution in [3.63, 3.8) is 0 Å². The fourth-order valence-electron chi connectivity index (χ4n) is 3.37. The van der Waals surface area contributed by atoms with Crippen LogP contribution in [0.5, 0.6) is 0 Å². The maximum atomic E-state index is 12.4. The second kappa shape index (κ2) is 7.57. The van der Waals surface area contributed by atoms with E-state index >= 15 is 0 Å². The van der Waals surface area contributed by atoms with Crippen LogP contribution in [-0.4, -0.2) is 41.7 Å². The van der Waals surface area contributed by atoms with Gasteiger partial charge in [0.15, 0.2) is 0 Å². The van der Waals surface area contributed by atoms with E-state index in [9.17, 15) is 19.2 Å². The van der Waals surface area contributed by atoms with Crippen molar-refractivity contribution < 1.29 is 23.9 Å². The van der Waals surface area contributed by atoms with Gasteiger partial charge in [-0.25, -0.2) is 4.79 Å². The summed E-state index contributed by atoms with van der Waals surface area (Å²) in [5, 5.41) is 3.17. The topological polar surface area (TPSA) is 92.8 Å². The lowest BCUT2D eigenvalue weighted by Gasteiger charge is -2.18. The molecule has 8 heteroatoms. The first-order chi connectivity index (χ1) is 12.4. The maximum Gasteiger partial charge on any atom is 0.341 e. The quantitative estimate of drug-likeness (QED) is 0.626. The number of amides is 3.